The Bertz CT molecular complexity index is 713. The van der Waals surface area contributed by atoms with Gasteiger partial charge in [-0.15, -0.1) is 0 Å². The van der Waals surface area contributed by atoms with Crippen molar-refractivity contribution < 1.29 is 0 Å². The Balaban J connectivity index is 2.57. The van der Waals surface area contributed by atoms with E-state index in [9.17, 15) is 4.79 Å². The molecule has 0 fully saturated rings. The van der Waals surface area contributed by atoms with Crippen LogP contribution >= 0.6 is 11.6 Å². The second-order valence-corrected chi connectivity index (χ2v) is 3.68. The van der Waals surface area contributed by atoms with E-state index in [-0.39, 0.29) is 5.69 Å². The number of H-pyrrole nitrogens is 2. The van der Waals surface area contributed by atoms with Crippen LogP contribution < -0.4 is 5.69 Å². The van der Waals surface area contributed by atoms with Gasteiger partial charge in [-0.1, -0.05) is 17.7 Å². The highest BCUT2D eigenvalue weighted by Gasteiger charge is 2.04. The zero-order valence-corrected chi connectivity index (χ0v) is 8.30. The summed E-state index contributed by atoms with van der Waals surface area (Å²) in [5.41, 5.74) is 1.73. The maximum Gasteiger partial charge on any atom is 0.325 e. The van der Waals surface area contributed by atoms with E-state index in [4.69, 9.17) is 11.6 Å². The quantitative estimate of drug-likeness (QED) is 0.608. The molecule has 4 nitrogen and oxygen atoms in total. The maximum absolute atomic E-state index is 11.1. The second-order valence-electron chi connectivity index (χ2n) is 3.27. The number of nitrogens with zero attached hydrogens (tertiary/aromatic N) is 1. The van der Waals surface area contributed by atoms with Gasteiger partial charge in [0.2, 0.25) is 0 Å². The summed E-state index contributed by atoms with van der Waals surface area (Å²) < 4.78 is 0. The lowest BCUT2D eigenvalue weighted by Crippen LogP contribution is -1.99. The highest BCUT2D eigenvalue weighted by Crippen LogP contribution is 2.23. The molecule has 0 aliphatic carbocycles. The van der Waals surface area contributed by atoms with Gasteiger partial charge in [0.05, 0.1) is 16.1 Å². The van der Waals surface area contributed by atoms with Gasteiger partial charge in [-0.2, -0.15) is 0 Å². The van der Waals surface area contributed by atoms with Crippen LogP contribution in [0.3, 0.4) is 0 Å². The zero-order valence-electron chi connectivity index (χ0n) is 7.54. The standard InChI is InChI=1S/C10H6ClN3O/c11-6-2-1-3-7-5(6)4-8-9(12-7)14-10(15)13-8/h1-4H,(H2,12,13,14,15). The van der Waals surface area contributed by atoms with E-state index in [1.165, 1.54) is 0 Å². The Kier molecular flexibility index (Phi) is 1.61. The molecule has 74 valence electrons. The fourth-order valence-electron chi connectivity index (χ4n) is 1.61. The first-order chi connectivity index (χ1) is 7.24. The molecule has 2 heterocycles. The molecule has 3 aromatic rings. The van der Waals surface area contributed by atoms with Crippen LogP contribution in [-0.2, 0) is 0 Å². The van der Waals surface area contributed by atoms with Gasteiger partial charge in [-0.05, 0) is 18.2 Å². The van der Waals surface area contributed by atoms with Crippen LogP contribution in [0.5, 0.6) is 0 Å². The number of hydrogen-bond donors (Lipinski definition) is 2. The SMILES string of the molecule is O=c1[nH]c2cc3c(Cl)cccc3nc2[nH]1. The van der Waals surface area contributed by atoms with Gasteiger partial charge in [0.25, 0.3) is 0 Å². The lowest BCUT2D eigenvalue weighted by atomic mass is 10.2. The Hall–Kier alpha value is -1.81. The molecule has 0 spiro atoms. The first kappa shape index (κ1) is 8.49. The number of aromatic nitrogens is 3. The number of pyridine rings is 1. The predicted octanol–water partition coefficient (Wildman–Crippen LogP) is 2.06. The third kappa shape index (κ3) is 1.22. The molecule has 0 saturated heterocycles. The summed E-state index contributed by atoms with van der Waals surface area (Å²) in [4.78, 5) is 20.6. The molecule has 0 radical (unpaired) electrons. The van der Waals surface area contributed by atoms with Crippen LogP contribution in [0.15, 0.2) is 29.1 Å². The normalized spacial score (nSPS) is 11.3. The van der Waals surface area contributed by atoms with Crippen molar-refractivity contribution >= 4 is 33.7 Å². The van der Waals surface area contributed by atoms with Crippen LogP contribution in [-0.4, -0.2) is 15.0 Å². The van der Waals surface area contributed by atoms with Crippen LogP contribution in [0.25, 0.3) is 22.1 Å². The first-order valence-corrected chi connectivity index (χ1v) is 4.79. The van der Waals surface area contributed by atoms with Crippen molar-refractivity contribution in [3.05, 3.63) is 39.8 Å². The molecule has 0 amide bonds. The summed E-state index contributed by atoms with van der Waals surface area (Å²) in [5.74, 6) is 0. The molecular weight excluding hydrogens is 214 g/mol. The van der Waals surface area contributed by atoms with Crippen LogP contribution in [0, 0.1) is 0 Å². The van der Waals surface area contributed by atoms with Crippen molar-refractivity contribution in [2.24, 2.45) is 0 Å². The summed E-state index contributed by atoms with van der Waals surface area (Å²) in [6.45, 7) is 0. The highest BCUT2D eigenvalue weighted by atomic mass is 35.5. The van der Waals surface area contributed by atoms with E-state index in [0.717, 1.165) is 10.9 Å². The van der Waals surface area contributed by atoms with E-state index < -0.39 is 0 Å². The molecule has 1 aromatic carbocycles. The first-order valence-electron chi connectivity index (χ1n) is 4.41. The molecule has 2 aromatic heterocycles. The third-order valence-electron chi connectivity index (χ3n) is 2.29. The van der Waals surface area contributed by atoms with Gasteiger partial charge < -0.3 is 4.98 Å². The number of benzene rings is 1. The average molecular weight is 220 g/mol. The van der Waals surface area contributed by atoms with E-state index in [1.807, 2.05) is 18.2 Å². The molecular formula is C10H6ClN3O. The average Bonchev–Trinajstić information content (AvgIpc) is 2.55. The summed E-state index contributed by atoms with van der Waals surface area (Å²) in [5, 5.41) is 1.46. The van der Waals surface area contributed by atoms with Gasteiger partial charge in [0.1, 0.15) is 0 Å². The topological polar surface area (TPSA) is 61.5 Å². The van der Waals surface area contributed by atoms with E-state index in [2.05, 4.69) is 15.0 Å². The fourth-order valence-corrected chi connectivity index (χ4v) is 1.84. The lowest BCUT2D eigenvalue weighted by molar-refractivity contribution is 1.20. The van der Waals surface area contributed by atoms with Crippen LogP contribution in [0.4, 0.5) is 0 Å². The van der Waals surface area contributed by atoms with Crippen LogP contribution in [0.2, 0.25) is 5.02 Å². The smallest absolute Gasteiger partial charge is 0.304 e. The molecule has 0 saturated carbocycles. The number of imidazole rings is 1. The molecule has 0 atom stereocenters. The summed E-state index contributed by atoms with van der Waals surface area (Å²) >= 11 is 6.02. The molecule has 0 aliphatic heterocycles. The van der Waals surface area contributed by atoms with Crippen molar-refractivity contribution in [1.82, 2.24) is 15.0 Å². The van der Waals surface area contributed by atoms with Gasteiger partial charge in [0.15, 0.2) is 5.65 Å². The van der Waals surface area contributed by atoms with Crippen molar-refractivity contribution in [3.63, 3.8) is 0 Å². The Morgan fingerprint density at radius 3 is 3.00 bits per heavy atom. The van der Waals surface area contributed by atoms with E-state index in [0.29, 0.717) is 16.2 Å². The number of aromatic amines is 2. The largest absolute Gasteiger partial charge is 0.325 e. The van der Waals surface area contributed by atoms with Crippen molar-refractivity contribution in [3.8, 4) is 0 Å². The number of hydrogen-bond acceptors (Lipinski definition) is 2. The van der Waals surface area contributed by atoms with Crippen LogP contribution in [0.1, 0.15) is 0 Å². The number of fused-ring (bicyclic) bond motifs is 2. The van der Waals surface area contributed by atoms with Gasteiger partial charge in [-0.25, -0.2) is 9.78 Å². The van der Waals surface area contributed by atoms with Gasteiger partial charge >= 0.3 is 5.69 Å². The third-order valence-corrected chi connectivity index (χ3v) is 2.62. The molecule has 0 unspecified atom stereocenters. The Morgan fingerprint density at radius 2 is 2.13 bits per heavy atom. The zero-order chi connectivity index (χ0) is 10.4. The minimum Gasteiger partial charge on any atom is -0.304 e. The minimum atomic E-state index is -0.260. The molecule has 15 heavy (non-hydrogen) atoms. The van der Waals surface area contributed by atoms with Gasteiger partial charge in [0, 0.05) is 5.39 Å². The number of nitrogens with one attached hydrogen (secondary N) is 2. The fraction of sp³-hybridized carbons (Fsp3) is 0. The lowest BCUT2D eigenvalue weighted by Gasteiger charge is -1.98. The minimum absolute atomic E-state index is 0.260. The van der Waals surface area contributed by atoms with E-state index in [1.54, 1.807) is 6.07 Å². The summed E-state index contributed by atoms with van der Waals surface area (Å²) in [6.07, 6.45) is 0. The second kappa shape index (κ2) is 2.84. The summed E-state index contributed by atoms with van der Waals surface area (Å²) in [6, 6.07) is 7.29. The predicted molar refractivity (Wildman–Crippen MR) is 59.2 cm³/mol. The monoisotopic (exact) mass is 219 g/mol. The Morgan fingerprint density at radius 1 is 1.27 bits per heavy atom. The Labute approximate surface area is 88.9 Å². The maximum atomic E-state index is 11.1. The molecule has 5 heteroatoms. The van der Waals surface area contributed by atoms with Gasteiger partial charge in [-0.3, -0.25) is 4.98 Å². The molecule has 0 aliphatic rings. The van der Waals surface area contributed by atoms with Crippen molar-refractivity contribution in [1.29, 1.82) is 0 Å². The van der Waals surface area contributed by atoms with E-state index >= 15 is 0 Å². The molecule has 2 N–H and O–H groups in total. The molecule has 3 rings (SSSR count). The molecule has 0 bridgehead atoms. The highest BCUT2D eigenvalue weighted by molar-refractivity contribution is 6.35. The summed E-state index contributed by atoms with van der Waals surface area (Å²) in [7, 11) is 0. The number of rotatable bonds is 0. The van der Waals surface area contributed by atoms with Crippen molar-refractivity contribution in [2.75, 3.05) is 0 Å². The van der Waals surface area contributed by atoms with Crippen molar-refractivity contribution in [2.45, 2.75) is 0 Å². The number of halogens is 1.